The van der Waals surface area contributed by atoms with E-state index >= 15 is 0 Å². The van der Waals surface area contributed by atoms with Crippen LogP contribution in [0.3, 0.4) is 0 Å². The Morgan fingerprint density at radius 1 is 1.05 bits per heavy atom. The fourth-order valence-electron chi connectivity index (χ4n) is 5.41. The molecule has 1 aliphatic carbocycles. The number of fused-ring (bicyclic) bond motifs is 3. The lowest BCUT2D eigenvalue weighted by Crippen LogP contribution is -2.39. The van der Waals surface area contributed by atoms with Crippen molar-refractivity contribution in [3.63, 3.8) is 0 Å². The lowest BCUT2D eigenvalue weighted by atomic mass is 9.83. The first kappa shape index (κ1) is 26.3. The molecular formula is C31H25BrN2O5S. The summed E-state index contributed by atoms with van der Waals surface area (Å²) in [6.07, 6.45) is 3.48. The van der Waals surface area contributed by atoms with E-state index in [1.807, 2.05) is 36.4 Å². The molecule has 0 unspecified atom stereocenters. The zero-order valence-electron chi connectivity index (χ0n) is 22.1. The lowest BCUT2D eigenvalue weighted by molar-refractivity contribution is -0.132. The van der Waals surface area contributed by atoms with Gasteiger partial charge in [-0.2, -0.15) is 0 Å². The predicted octanol–water partition coefficient (Wildman–Crippen LogP) is 5.02. The van der Waals surface area contributed by atoms with Crippen molar-refractivity contribution < 1.29 is 19.0 Å². The second-order valence-electron chi connectivity index (χ2n) is 9.48. The smallest absolute Gasteiger partial charge is 0.308 e. The summed E-state index contributed by atoms with van der Waals surface area (Å²) in [4.78, 5) is 31.4. The topological polar surface area (TPSA) is 79.1 Å². The number of rotatable bonds is 5. The molecule has 40 heavy (non-hydrogen) atoms. The Morgan fingerprint density at radius 3 is 2.58 bits per heavy atom. The van der Waals surface area contributed by atoms with Crippen LogP contribution in [-0.2, 0) is 11.2 Å². The molecule has 1 atom stereocenters. The Morgan fingerprint density at radius 2 is 1.80 bits per heavy atom. The monoisotopic (exact) mass is 616 g/mol. The summed E-state index contributed by atoms with van der Waals surface area (Å²) in [5.74, 6) is 0.935. The minimum atomic E-state index is -0.457. The Balaban J connectivity index is 1.58. The van der Waals surface area contributed by atoms with Gasteiger partial charge in [0.15, 0.2) is 16.3 Å². The van der Waals surface area contributed by atoms with Crippen molar-refractivity contribution in [1.82, 2.24) is 4.57 Å². The number of hydrogen-bond donors (Lipinski definition) is 0. The second kappa shape index (κ2) is 10.6. The zero-order chi connectivity index (χ0) is 28.0. The molecular weight excluding hydrogens is 592 g/mol. The largest absolute Gasteiger partial charge is 0.496 e. The molecule has 9 heteroatoms. The molecule has 3 aromatic carbocycles. The van der Waals surface area contributed by atoms with Crippen molar-refractivity contribution in [3.05, 3.63) is 113 Å². The van der Waals surface area contributed by atoms with Gasteiger partial charge in [0, 0.05) is 18.1 Å². The van der Waals surface area contributed by atoms with Crippen LogP contribution in [0.2, 0.25) is 0 Å². The third-order valence-electron chi connectivity index (χ3n) is 7.10. The van der Waals surface area contributed by atoms with Gasteiger partial charge in [-0.25, -0.2) is 4.99 Å². The van der Waals surface area contributed by atoms with E-state index in [4.69, 9.17) is 19.2 Å². The van der Waals surface area contributed by atoms with Crippen LogP contribution in [0.15, 0.2) is 80.5 Å². The van der Waals surface area contributed by atoms with Gasteiger partial charge in [0.2, 0.25) is 0 Å². The van der Waals surface area contributed by atoms with Gasteiger partial charge in [-0.05, 0) is 69.7 Å². The molecule has 2 aliphatic rings. The fourth-order valence-corrected chi connectivity index (χ4v) is 6.95. The maximum Gasteiger partial charge on any atom is 0.308 e. The van der Waals surface area contributed by atoms with Gasteiger partial charge in [-0.15, -0.1) is 0 Å². The van der Waals surface area contributed by atoms with Gasteiger partial charge in [-0.3, -0.25) is 14.2 Å². The average Bonchev–Trinajstić information content (AvgIpc) is 3.27. The first-order chi connectivity index (χ1) is 19.4. The van der Waals surface area contributed by atoms with E-state index < -0.39 is 5.97 Å². The number of benzene rings is 3. The van der Waals surface area contributed by atoms with Crippen LogP contribution in [-0.4, -0.2) is 24.8 Å². The number of thiazole rings is 1. The van der Waals surface area contributed by atoms with Gasteiger partial charge < -0.3 is 14.2 Å². The van der Waals surface area contributed by atoms with Crippen molar-refractivity contribution in [1.29, 1.82) is 0 Å². The summed E-state index contributed by atoms with van der Waals surface area (Å²) in [6, 6.07) is 19.4. The first-order valence-corrected chi connectivity index (χ1v) is 14.3. The number of hydrogen-bond acceptors (Lipinski definition) is 7. The standard InChI is InChI=1S/C31H25BrN2O5S/c1-17(35)39-29-23(32)14-18(15-25(29)38-3)16-26-30(36)34-28(21-10-6-7-11-24(21)37-2)22-13-12-19-8-4-5-9-20(19)27(22)33-31(34)40-26/h4-11,14-16,28H,12-13H2,1-3H3/b26-16-/t28-/m1/s1. The predicted molar refractivity (Wildman–Crippen MR) is 158 cm³/mol. The molecule has 0 spiro atoms. The Bertz CT molecular complexity index is 1890. The third-order valence-corrected chi connectivity index (χ3v) is 8.67. The Kier molecular flexibility index (Phi) is 6.93. The summed E-state index contributed by atoms with van der Waals surface area (Å²) < 4.78 is 19.4. The highest BCUT2D eigenvalue weighted by Crippen LogP contribution is 2.43. The van der Waals surface area contributed by atoms with E-state index in [2.05, 4.69) is 34.1 Å². The number of halogens is 1. The van der Waals surface area contributed by atoms with Crippen LogP contribution in [0.5, 0.6) is 17.2 Å². The highest BCUT2D eigenvalue weighted by molar-refractivity contribution is 9.10. The number of carbonyl (C=O) groups excluding carboxylic acids is 1. The Labute approximate surface area is 242 Å². The highest BCUT2D eigenvalue weighted by Gasteiger charge is 2.34. The van der Waals surface area contributed by atoms with E-state index in [0.29, 0.717) is 25.1 Å². The van der Waals surface area contributed by atoms with Crippen molar-refractivity contribution in [2.75, 3.05) is 14.2 Å². The first-order valence-electron chi connectivity index (χ1n) is 12.7. The molecule has 6 rings (SSSR count). The van der Waals surface area contributed by atoms with Crippen LogP contribution < -0.4 is 29.1 Å². The van der Waals surface area contributed by atoms with E-state index in [-0.39, 0.29) is 17.4 Å². The molecule has 0 N–H and O–H groups in total. The molecule has 1 aliphatic heterocycles. The molecule has 0 saturated carbocycles. The molecule has 0 saturated heterocycles. The molecule has 0 bridgehead atoms. The molecule has 0 amide bonds. The molecule has 1 aromatic heterocycles. The number of aromatic nitrogens is 1. The van der Waals surface area contributed by atoms with Gasteiger partial charge in [0.25, 0.3) is 5.56 Å². The number of esters is 1. The van der Waals surface area contributed by atoms with Crippen LogP contribution >= 0.6 is 27.3 Å². The molecule has 4 aromatic rings. The minimum absolute atomic E-state index is 0.135. The molecule has 7 nitrogen and oxygen atoms in total. The van der Waals surface area contributed by atoms with Gasteiger partial charge in [0.1, 0.15) is 5.75 Å². The number of nitrogens with zero attached hydrogens (tertiary/aromatic N) is 2. The maximum absolute atomic E-state index is 14.1. The zero-order valence-corrected chi connectivity index (χ0v) is 24.5. The van der Waals surface area contributed by atoms with Gasteiger partial charge in [0.05, 0.1) is 35.0 Å². The van der Waals surface area contributed by atoms with Gasteiger partial charge in [-0.1, -0.05) is 53.8 Å². The summed E-state index contributed by atoms with van der Waals surface area (Å²) in [7, 11) is 3.15. The number of ether oxygens (including phenoxy) is 3. The molecule has 2 heterocycles. The van der Waals surface area contributed by atoms with E-state index in [0.717, 1.165) is 41.0 Å². The van der Waals surface area contributed by atoms with E-state index in [9.17, 15) is 9.59 Å². The molecule has 0 fully saturated rings. The molecule has 202 valence electrons. The highest BCUT2D eigenvalue weighted by atomic mass is 79.9. The molecule has 0 radical (unpaired) electrons. The number of para-hydroxylation sites is 1. The summed E-state index contributed by atoms with van der Waals surface area (Å²) in [5.41, 5.74) is 5.91. The summed E-state index contributed by atoms with van der Waals surface area (Å²) in [5, 5.41) is 0. The summed E-state index contributed by atoms with van der Waals surface area (Å²) >= 11 is 4.82. The Hall–Kier alpha value is -3.95. The van der Waals surface area contributed by atoms with Crippen molar-refractivity contribution in [2.24, 2.45) is 4.99 Å². The van der Waals surface area contributed by atoms with Crippen LogP contribution in [0.25, 0.3) is 11.8 Å². The van der Waals surface area contributed by atoms with Crippen LogP contribution in [0, 0.1) is 0 Å². The van der Waals surface area contributed by atoms with Crippen LogP contribution in [0.4, 0.5) is 0 Å². The third kappa shape index (κ3) is 4.49. The van der Waals surface area contributed by atoms with E-state index in [1.54, 1.807) is 23.8 Å². The van der Waals surface area contributed by atoms with Crippen molar-refractivity contribution in [3.8, 4) is 17.2 Å². The fraction of sp³-hybridized carbons (Fsp3) is 0.194. The number of methoxy groups -OCH3 is 2. The normalized spacial score (nSPS) is 16.0. The van der Waals surface area contributed by atoms with Crippen LogP contribution in [0.1, 0.15) is 41.6 Å². The average molecular weight is 618 g/mol. The van der Waals surface area contributed by atoms with Crippen molar-refractivity contribution in [2.45, 2.75) is 25.8 Å². The minimum Gasteiger partial charge on any atom is -0.496 e. The van der Waals surface area contributed by atoms with Gasteiger partial charge >= 0.3 is 5.97 Å². The quantitative estimate of drug-likeness (QED) is 0.232. The summed E-state index contributed by atoms with van der Waals surface area (Å²) in [6.45, 7) is 1.33. The number of aryl methyl sites for hydroxylation is 1. The maximum atomic E-state index is 14.1. The number of carbonyl (C=O) groups is 1. The SMILES string of the molecule is COc1ccccc1[C@@H]1C2=C(N=c3s/c(=C\c4cc(Br)c(OC(C)=O)c(OC)c4)c(=O)n31)c1ccccc1CC2. The van der Waals surface area contributed by atoms with E-state index in [1.165, 1.54) is 30.9 Å². The second-order valence-corrected chi connectivity index (χ2v) is 11.3. The lowest BCUT2D eigenvalue weighted by Gasteiger charge is -2.31. The number of allylic oxidation sites excluding steroid dienone is 1. The van der Waals surface area contributed by atoms with Crippen molar-refractivity contribution >= 4 is 45.0 Å².